The van der Waals surface area contributed by atoms with Crippen molar-refractivity contribution in [1.82, 2.24) is 0 Å². The normalized spacial score (nSPS) is 12.8. The third-order valence-corrected chi connectivity index (χ3v) is 3.81. The van der Waals surface area contributed by atoms with Crippen LogP contribution in [-0.2, 0) is 29.2 Å². The smallest absolute Gasteiger partial charge is 0.367 e. The van der Waals surface area contributed by atoms with Crippen molar-refractivity contribution in [1.29, 1.82) is 0 Å². The van der Waals surface area contributed by atoms with Gasteiger partial charge in [0.1, 0.15) is 0 Å². The van der Waals surface area contributed by atoms with Crippen molar-refractivity contribution in [3.63, 3.8) is 0 Å². The number of hydrogen-bond donors (Lipinski definition) is 0. The maximum absolute atomic E-state index is 12.7. The summed E-state index contributed by atoms with van der Waals surface area (Å²) in [7, 11) is -5.88. The summed E-state index contributed by atoms with van der Waals surface area (Å²) < 4.78 is 64.9. The Labute approximate surface area is 127 Å². The number of halogens is 2. The molecule has 0 bridgehead atoms. The summed E-state index contributed by atoms with van der Waals surface area (Å²) in [6.45, 7) is 3.25. The van der Waals surface area contributed by atoms with Gasteiger partial charge in [0, 0.05) is 6.42 Å². The zero-order valence-electron chi connectivity index (χ0n) is 12.6. The van der Waals surface area contributed by atoms with Crippen LogP contribution in [0.3, 0.4) is 0 Å². The minimum Gasteiger partial charge on any atom is -0.743 e. The Hall–Kier alpha value is -1.29. The van der Waals surface area contributed by atoms with Crippen LogP contribution in [0, 0.1) is 5.41 Å². The predicted molar refractivity (Wildman–Crippen MR) is 69.9 cm³/mol. The number of carbonyl (C=O) groups excluding carboxylic acids is 2. The van der Waals surface area contributed by atoms with Gasteiger partial charge < -0.3 is 14.0 Å². The lowest BCUT2D eigenvalue weighted by molar-refractivity contribution is -0.156. The molecule has 0 heterocycles. The van der Waals surface area contributed by atoms with E-state index < -0.39 is 39.3 Å². The van der Waals surface area contributed by atoms with E-state index in [-0.39, 0.29) is 19.4 Å². The lowest BCUT2D eigenvalue weighted by Crippen LogP contribution is -2.34. The maximum Gasteiger partial charge on any atom is 0.367 e. The second-order valence-electron chi connectivity index (χ2n) is 5.23. The molecule has 0 aliphatic rings. The summed E-state index contributed by atoms with van der Waals surface area (Å²) in [5, 5.41) is -4.67. The Morgan fingerprint density at radius 3 is 2.18 bits per heavy atom. The average molecular weight is 345 g/mol. The highest BCUT2D eigenvalue weighted by Gasteiger charge is 2.39. The van der Waals surface area contributed by atoms with E-state index in [1.807, 2.05) is 6.92 Å². The second-order valence-corrected chi connectivity index (χ2v) is 6.73. The molecule has 0 aromatic carbocycles. The molecule has 7 nitrogen and oxygen atoms in total. The van der Waals surface area contributed by atoms with Crippen molar-refractivity contribution in [2.24, 2.45) is 5.41 Å². The standard InChI is InChI=1S/C12H20F2O7S/c1-4-11(2,3)10(16)20-7-5-6-9(15)21-8-12(13,14)22(17,18)19/h4-8H2,1-3H3,(H,17,18,19)/p-1. The van der Waals surface area contributed by atoms with Crippen molar-refractivity contribution in [3.8, 4) is 0 Å². The molecule has 0 saturated heterocycles. The van der Waals surface area contributed by atoms with Crippen molar-refractivity contribution in [3.05, 3.63) is 0 Å². The molecule has 0 aliphatic heterocycles. The number of alkyl halides is 2. The molecule has 10 heteroatoms. The van der Waals surface area contributed by atoms with E-state index in [2.05, 4.69) is 4.74 Å². The van der Waals surface area contributed by atoms with Gasteiger partial charge in [-0.3, -0.25) is 9.59 Å². The second kappa shape index (κ2) is 7.82. The maximum atomic E-state index is 12.7. The van der Waals surface area contributed by atoms with Crippen LogP contribution in [0.1, 0.15) is 40.0 Å². The monoisotopic (exact) mass is 345 g/mol. The third kappa shape index (κ3) is 6.65. The van der Waals surface area contributed by atoms with E-state index in [0.717, 1.165) is 0 Å². The molecule has 0 aromatic rings. The minimum atomic E-state index is -5.88. The van der Waals surface area contributed by atoms with Gasteiger partial charge in [-0.15, -0.1) is 0 Å². The first-order valence-electron chi connectivity index (χ1n) is 6.49. The highest BCUT2D eigenvalue weighted by Crippen LogP contribution is 2.22. The molecule has 130 valence electrons. The molecule has 0 radical (unpaired) electrons. The van der Waals surface area contributed by atoms with Gasteiger partial charge in [-0.25, -0.2) is 8.42 Å². The Morgan fingerprint density at radius 1 is 1.18 bits per heavy atom. The van der Waals surface area contributed by atoms with Crippen LogP contribution in [0.4, 0.5) is 8.78 Å². The van der Waals surface area contributed by atoms with E-state index in [4.69, 9.17) is 4.74 Å². The van der Waals surface area contributed by atoms with Gasteiger partial charge in [-0.05, 0) is 26.7 Å². The fraction of sp³-hybridized carbons (Fsp3) is 0.833. The molecular weight excluding hydrogens is 326 g/mol. The van der Waals surface area contributed by atoms with Crippen LogP contribution in [0.2, 0.25) is 0 Å². The van der Waals surface area contributed by atoms with Crippen LogP contribution in [-0.4, -0.2) is 43.4 Å². The molecule has 0 amide bonds. The molecular formula is C12H19F2O7S-. The van der Waals surface area contributed by atoms with E-state index in [1.165, 1.54) is 0 Å². The van der Waals surface area contributed by atoms with E-state index in [1.54, 1.807) is 13.8 Å². The lowest BCUT2D eigenvalue weighted by atomic mass is 9.91. The Balaban J connectivity index is 4.06. The zero-order chi connectivity index (χ0) is 17.6. The Bertz CT molecular complexity index is 500. The molecule has 0 N–H and O–H groups in total. The molecule has 0 fully saturated rings. The van der Waals surface area contributed by atoms with Crippen LogP contribution in [0.15, 0.2) is 0 Å². The number of esters is 2. The Morgan fingerprint density at radius 2 is 1.73 bits per heavy atom. The van der Waals surface area contributed by atoms with Crippen LogP contribution >= 0.6 is 0 Å². The quantitative estimate of drug-likeness (QED) is 0.353. The van der Waals surface area contributed by atoms with Gasteiger partial charge in [0.05, 0.1) is 12.0 Å². The van der Waals surface area contributed by atoms with Gasteiger partial charge in [0.2, 0.25) is 0 Å². The fourth-order valence-electron chi connectivity index (χ4n) is 1.03. The van der Waals surface area contributed by atoms with Gasteiger partial charge in [0.25, 0.3) is 0 Å². The zero-order valence-corrected chi connectivity index (χ0v) is 13.4. The summed E-state index contributed by atoms with van der Waals surface area (Å²) >= 11 is 0. The summed E-state index contributed by atoms with van der Waals surface area (Å²) in [4.78, 5) is 22.7. The first kappa shape index (κ1) is 20.7. The SMILES string of the molecule is CCC(C)(C)C(=O)OCCCC(=O)OCC(F)(F)S(=O)(=O)[O-]. The van der Waals surface area contributed by atoms with Crippen molar-refractivity contribution < 1.29 is 40.8 Å². The van der Waals surface area contributed by atoms with E-state index in [9.17, 15) is 31.3 Å². The van der Waals surface area contributed by atoms with Gasteiger partial charge in [-0.1, -0.05) is 6.92 Å². The number of carbonyl (C=O) groups is 2. The average Bonchev–Trinajstić information content (AvgIpc) is 2.39. The largest absolute Gasteiger partial charge is 0.743 e. The topological polar surface area (TPSA) is 110 Å². The van der Waals surface area contributed by atoms with E-state index >= 15 is 0 Å². The van der Waals surface area contributed by atoms with Gasteiger partial charge in [0.15, 0.2) is 16.7 Å². The predicted octanol–water partition coefficient (Wildman–Crippen LogP) is 1.43. The van der Waals surface area contributed by atoms with E-state index in [0.29, 0.717) is 6.42 Å². The highest BCUT2D eigenvalue weighted by molar-refractivity contribution is 7.86. The number of rotatable bonds is 9. The minimum absolute atomic E-state index is 0.0278. The molecule has 0 unspecified atom stereocenters. The summed E-state index contributed by atoms with van der Waals surface area (Å²) in [5.74, 6) is -1.57. The molecule has 0 atom stereocenters. The van der Waals surface area contributed by atoms with Crippen LogP contribution in [0.25, 0.3) is 0 Å². The molecule has 0 saturated carbocycles. The summed E-state index contributed by atoms with van der Waals surface area (Å²) in [6, 6.07) is 0. The first-order chi connectivity index (χ1) is 9.83. The highest BCUT2D eigenvalue weighted by atomic mass is 32.2. The number of ether oxygens (including phenoxy) is 2. The summed E-state index contributed by atoms with van der Waals surface area (Å²) in [5.41, 5.74) is -0.662. The number of hydrogen-bond acceptors (Lipinski definition) is 7. The third-order valence-electron chi connectivity index (χ3n) is 2.96. The molecule has 0 aromatic heterocycles. The van der Waals surface area contributed by atoms with Crippen LogP contribution < -0.4 is 0 Å². The summed E-state index contributed by atoms with van der Waals surface area (Å²) in [6.07, 6.45) is 0.238. The molecule has 0 rings (SSSR count). The molecule has 22 heavy (non-hydrogen) atoms. The van der Waals surface area contributed by atoms with Crippen molar-refractivity contribution in [2.75, 3.05) is 13.2 Å². The van der Waals surface area contributed by atoms with Crippen molar-refractivity contribution in [2.45, 2.75) is 45.3 Å². The van der Waals surface area contributed by atoms with Crippen LogP contribution in [0.5, 0.6) is 0 Å². The first-order valence-corrected chi connectivity index (χ1v) is 7.90. The fourth-order valence-corrected chi connectivity index (χ4v) is 1.23. The molecule has 0 aliphatic carbocycles. The Kier molecular flexibility index (Phi) is 7.36. The van der Waals surface area contributed by atoms with Crippen molar-refractivity contribution >= 4 is 22.1 Å². The van der Waals surface area contributed by atoms with Gasteiger partial charge in [-0.2, -0.15) is 8.78 Å². The molecule has 0 spiro atoms. The lowest BCUT2D eigenvalue weighted by Gasteiger charge is -2.20. The van der Waals surface area contributed by atoms with Gasteiger partial charge >= 0.3 is 17.2 Å².